The minimum atomic E-state index is -4.35. The third kappa shape index (κ3) is 9.62. The molecule has 1 saturated heterocycles. The van der Waals surface area contributed by atoms with Crippen molar-refractivity contribution in [2.24, 2.45) is 0 Å². The highest BCUT2D eigenvalue weighted by Gasteiger charge is 2.38. The molecule has 2 N–H and O–H groups in total. The summed E-state index contributed by atoms with van der Waals surface area (Å²) < 4.78 is 68.0. The van der Waals surface area contributed by atoms with Crippen LogP contribution in [-0.4, -0.2) is 66.4 Å². The summed E-state index contributed by atoms with van der Waals surface area (Å²) >= 11 is 0. The molecule has 2 aliphatic carbocycles. The van der Waals surface area contributed by atoms with Gasteiger partial charge in [-0.15, -0.1) is 0 Å². The number of nitrogens with zero attached hydrogens (tertiary/aromatic N) is 6. The third-order valence-electron chi connectivity index (χ3n) is 6.57. The number of carbonyl (C=O) groups excluding carboxylic acids is 2. The largest absolute Gasteiger partial charge is 0.391 e. The zero-order chi connectivity index (χ0) is 30.3. The van der Waals surface area contributed by atoms with Crippen molar-refractivity contribution in [3.8, 4) is 0 Å². The van der Waals surface area contributed by atoms with Gasteiger partial charge in [0.15, 0.2) is 11.3 Å². The van der Waals surface area contributed by atoms with Gasteiger partial charge >= 0.3 is 12.2 Å². The highest BCUT2D eigenvalue weighted by molar-refractivity contribution is 5.92. The summed E-state index contributed by atoms with van der Waals surface area (Å²) in [6.07, 6.45) is 4.86. The van der Waals surface area contributed by atoms with Crippen LogP contribution in [0.25, 0.3) is 5.65 Å². The molecular weight excluding hydrogens is 567 g/mol. The second-order valence-corrected chi connectivity index (χ2v) is 10.6. The maximum Gasteiger partial charge on any atom is 0.391 e. The molecule has 0 radical (unpaired) electrons. The fourth-order valence-corrected chi connectivity index (χ4v) is 4.31. The maximum absolute atomic E-state index is 12.5. The van der Waals surface area contributed by atoms with Gasteiger partial charge in [-0.2, -0.15) is 18.3 Å². The molecule has 42 heavy (non-hydrogen) atoms. The second kappa shape index (κ2) is 13.4. The van der Waals surface area contributed by atoms with Crippen molar-refractivity contribution in [1.82, 2.24) is 40.4 Å². The number of aromatic nitrogens is 5. The molecule has 16 heteroatoms. The Hall–Kier alpha value is -3.85. The van der Waals surface area contributed by atoms with Crippen molar-refractivity contribution >= 4 is 17.6 Å². The van der Waals surface area contributed by atoms with E-state index in [-0.39, 0.29) is 38.2 Å². The summed E-state index contributed by atoms with van der Waals surface area (Å²) in [6, 6.07) is 0.141. The van der Waals surface area contributed by atoms with E-state index in [1.165, 1.54) is 34.9 Å². The van der Waals surface area contributed by atoms with E-state index >= 15 is 0 Å². The van der Waals surface area contributed by atoms with Crippen LogP contribution in [0.5, 0.6) is 0 Å². The van der Waals surface area contributed by atoms with E-state index in [1.54, 1.807) is 19.2 Å². The molecule has 6 rings (SSSR count). The Morgan fingerprint density at radius 3 is 2.40 bits per heavy atom. The Morgan fingerprint density at radius 1 is 1.14 bits per heavy atom. The zero-order valence-electron chi connectivity index (χ0n) is 23.1. The number of imidazole rings is 1. The van der Waals surface area contributed by atoms with E-state index in [9.17, 15) is 31.5 Å². The Bertz CT molecular complexity index is 1350. The molecule has 4 heterocycles. The highest BCUT2D eigenvalue weighted by atomic mass is 19.4. The summed E-state index contributed by atoms with van der Waals surface area (Å²) in [5.41, 5.74) is 2.05. The first-order valence-electron chi connectivity index (χ1n) is 13.8. The molecule has 11 nitrogen and oxygen atoms in total. The number of fused-ring (bicyclic) bond motifs is 1. The van der Waals surface area contributed by atoms with Crippen molar-refractivity contribution in [2.45, 2.75) is 95.9 Å². The molecule has 3 amide bonds. The molecule has 3 aromatic rings. The van der Waals surface area contributed by atoms with Crippen LogP contribution in [0.4, 0.5) is 26.7 Å². The van der Waals surface area contributed by atoms with Gasteiger partial charge in [0.1, 0.15) is 5.69 Å². The van der Waals surface area contributed by atoms with E-state index < -0.39 is 36.5 Å². The van der Waals surface area contributed by atoms with Gasteiger partial charge < -0.3 is 15.5 Å². The molecule has 3 fully saturated rings. The van der Waals surface area contributed by atoms with Crippen LogP contribution in [0.15, 0.2) is 23.1 Å². The number of alkyl halides is 5. The summed E-state index contributed by atoms with van der Waals surface area (Å²) in [6.45, 7) is 1.75. The minimum Gasteiger partial charge on any atom is -0.345 e. The average molecular weight is 601 g/mol. The Morgan fingerprint density at radius 2 is 1.83 bits per heavy atom. The summed E-state index contributed by atoms with van der Waals surface area (Å²) in [4.78, 5) is 29.7. The van der Waals surface area contributed by atoms with Crippen LogP contribution < -0.4 is 10.6 Å². The quantitative estimate of drug-likeness (QED) is 0.383. The van der Waals surface area contributed by atoms with Gasteiger partial charge in [0.25, 0.3) is 5.91 Å². The first-order chi connectivity index (χ1) is 19.9. The van der Waals surface area contributed by atoms with Crippen molar-refractivity contribution in [3.05, 3.63) is 41.1 Å². The monoisotopic (exact) mass is 600 g/mol. The van der Waals surface area contributed by atoms with Gasteiger partial charge in [0.05, 0.1) is 37.1 Å². The van der Waals surface area contributed by atoms with Crippen LogP contribution in [0.2, 0.25) is 0 Å². The van der Waals surface area contributed by atoms with E-state index in [2.05, 4.69) is 35.7 Å². The van der Waals surface area contributed by atoms with Crippen molar-refractivity contribution in [1.29, 1.82) is 0 Å². The zero-order valence-corrected chi connectivity index (χ0v) is 23.1. The highest BCUT2D eigenvalue weighted by Crippen LogP contribution is 2.32. The third-order valence-corrected chi connectivity index (χ3v) is 6.57. The van der Waals surface area contributed by atoms with Gasteiger partial charge in [-0.25, -0.2) is 27.7 Å². The molecule has 3 aromatic heterocycles. The lowest BCUT2D eigenvalue weighted by atomic mass is 9.97. The van der Waals surface area contributed by atoms with Crippen LogP contribution in [0, 0.1) is 6.92 Å². The van der Waals surface area contributed by atoms with Gasteiger partial charge in [-0.05, 0) is 36.6 Å². The number of amides is 3. The van der Waals surface area contributed by atoms with E-state index in [1.807, 2.05) is 0 Å². The normalized spacial score (nSPS) is 19.3. The van der Waals surface area contributed by atoms with E-state index in [0.717, 1.165) is 6.42 Å². The number of hydrogen-bond acceptors (Lipinski definition) is 7. The van der Waals surface area contributed by atoms with Gasteiger partial charge in [0, 0.05) is 25.9 Å². The SMILES string of the molecule is C1CC1.Cc1nonc1C(=O)NCc1cn2ncc(CN3CC(CC(F)(F)F)NC3=O)cc2n1.FC1(F)CCCCC1. The van der Waals surface area contributed by atoms with Crippen LogP contribution in [0.1, 0.15) is 85.2 Å². The molecule has 1 atom stereocenters. The molecular formula is C26H33F5N8O3. The minimum absolute atomic E-state index is 0.0500. The molecule has 0 bridgehead atoms. The van der Waals surface area contributed by atoms with Gasteiger partial charge in [-0.3, -0.25) is 4.79 Å². The topological polar surface area (TPSA) is 131 Å². The van der Waals surface area contributed by atoms with E-state index in [4.69, 9.17) is 0 Å². The molecule has 0 aromatic carbocycles. The van der Waals surface area contributed by atoms with Crippen molar-refractivity contribution in [3.63, 3.8) is 0 Å². The smallest absolute Gasteiger partial charge is 0.345 e. The van der Waals surface area contributed by atoms with Gasteiger partial charge in [0.2, 0.25) is 5.92 Å². The van der Waals surface area contributed by atoms with Crippen molar-refractivity contribution in [2.75, 3.05) is 6.54 Å². The first-order valence-corrected chi connectivity index (χ1v) is 13.8. The van der Waals surface area contributed by atoms with Crippen LogP contribution >= 0.6 is 0 Å². The second-order valence-electron chi connectivity index (χ2n) is 10.6. The summed E-state index contributed by atoms with van der Waals surface area (Å²) in [5.74, 6) is -2.78. The molecule has 3 aliphatic rings. The lowest BCUT2D eigenvalue weighted by molar-refractivity contribution is -0.138. The molecule has 1 aliphatic heterocycles. The molecule has 0 spiro atoms. The lowest BCUT2D eigenvalue weighted by Crippen LogP contribution is -2.31. The number of hydrogen-bond donors (Lipinski definition) is 2. The van der Waals surface area contributed by atoms with Crippen LogP contribution in [-0.2, 0) is 13.1 Å². The predicted molar refractivity (Wildman–Crippen MR) is 138 cm³/mol. The number of rotatable bonds is 6. The van der Waals surface area contributed by atoms with E-state index in [0.29, 0.717) is 35.4 Å². The Balaban J connectivity index is 0.000000306. The number of nitrogens with one attached hydrogen (secondary N) is 2. The Kier molecular flexibility index (Phi) is 9.93. The standard InChI is InChI=1S/C17H17F3N8O3.C6H10F2.C3H6/c1-9-14(26-31-25-9)15(29)21-5-12-8-28-13(23-12)2-10(4-22-28)6-27-7-11(24-16(27)30)3-17(18,19)20;7-6(8)4-2-1-3-5-6;1-2-3-1/h2,4,8,11H,3,5-7H2,1H3,(H,21,29)(H,24,30);1-5H2;1-3H2. The molecule has 1 unspecified atom stereocenters. The number of urea groups is 1. The molecule has 2 saturated carbocycles. The van der Waals surface area contributed by atoms with Crippen LogP contribution in [0.3, 0.4) is 0 Å². The fourth-order valence-electron chi connectivity index (χ4n) is 4.31. The summed E-state index contributed by atoms with van der Waals surface area (Å²) in [7, 11) is 0. The summed E-state index contributed by atoms with van der Waals surface area (Å²) in [5, 5.41) is 16.3. The Labute approximate surface area is 238 Å². The number of aryl methyl sites for hydroxylation is 1. The lowest BCUT2D eigenvalue weighted by Gasteiger charge is -2.20. The first kappa shape index (κ1) is 31.1. The molecule has 230 valence electrons. The number of halogens is 5. The maximum atomic E-state index is 12.5. The number of carbonyl (C=O) groups is 2. The fraction of sp³-hybridized carbons (Fsp3) is 0.615. The van der Waals surface area contributed by atoms with Crippen molar-refractivity contribution < 1.29 is 36.2 Å². The van der Waals surface area contributed by atoms with Gasteiger partial charge in [-0.1, -0.05) is 30.8 Å². The average Bonchev–Trinajstić information content (AvgIpc) is 3.55. The predicted octanol–water partition coefficient (Wildman–Crippen LogP) is 4.95.